The van der Waals surface area contributed by atoms with Crippen molar-refractivity contribution in [3.63, 3.8) is 0 Å². The van der Waals surface area contributed by atoms with E-state index in [1.165, 1.54) is 0 Å². The second-order valence-electron chi connectivity index (χ2n) is 2.53. The molecule has 3 N–H and O–H groups in total. The fraction of sp³-hybridized carbons (Fsp3) is 0.714. The van der Waals surface area contributed by atoms with Crippen molar-refractivity contribution in [2.75, 3.05) is 19.7 Å². The molecule has 0 aliphatic carbocycles. The number of urea groups is 1. The number of nitrogens with one attached hydrogen (secondary N) is 3. The van der Waals surface area contributed by atoms with Crippen LogP contribution in [0.1, 0.15) is 6.92 Å². The van der Waals surface area contributed by atoms with Crippen molar-refractivity contribution in [3.8, 4) is 0 Å². The quantitative estimate of drug-likeness (QED) is 0.498. The first-order valence-corrected chi connectivity index (χ1v) is 4.38. The van der Waals surface area contributed by atoms with Gasteiger partial charge in [0.2, 0.25) is 0 Å². The SMILES string of the molecule is CCOC(=O)NCCNC(=O)NC(F)(F)F. The minimum absolute atomic E-state index is 0.0237. The summed E-state index contributed by atoms with van der Waals surface area (Å²) in [6.07, 6.45) is -5.46. The number of hydrogen-bond acceptors (Lipinski definition) is 3. The highest BCUT2D eigenvalue weighted by Crippen LogP contribution is 2.08. The third-order valence-corrected chi connectivity index (χ3v) is 1.21. The molecule has 94 valence electrons. The molecule has 0 aliphatic rings. The lowest BCUT2D eigenvalue weighted by Crippen LogP contribution is -2.46. The molecule has 0 unspecified atom stereocenters. The molecule has 0 saturated carbocycles. The normalized spacial score (nSPS) is 10.5. The van der Waals surface area contributed by atoms with E-state index in [1.54, 1.807) is 6.92 Å². The van der Waals surface area contributed by atoms with Crippen LogP contribution in [-0.4, -0.2) is 38.1 Å². The number of alkyl carbamates (subject to hydrolysis) is 1. The van der Waals surface area contributed by atoms with Gasteiger partial charge in [0, 0.05) is 13.1 Å². The first kappa shape index (κ1) is 14.3. The summed E-state index contributed by atoms with van der Waals surface area (Å²) >= 11 is 0. The topological polar surface area (TPSA) is 79.5 Å². The zero-order chi connectivity index (χ0) is 12.6. The van der Waals surface area contributed by atoms with Gasteiger partial charge in [0.25, 0.3) is 0 Å². The lowest BCUT2D eigenvalue weighted by molar-refractivity contribution is -0.145. The molecule has 0 rings (SSSR count). The average Bonchev–Trinajstić information content (AvgIpc) is 2.10. The zero-order valence-corrected chi connectivity index (χ0v) is 8.48. The molecule has 0 bridgehead atoms. The maximum Gasteiger partial charge on any atom is 0.485 e. The third-order valence-electron chi connectivity index (χ3n) is 1.21. The lowest BCUT2D eigenvalue weighted by Gasteiger charge is -2.10. The van der Waals surface area contributed by atoms with E-state index >= 15 is 0 Å². The van der Waals surface area contributed by atoms with Crippen LogP contribution in [0.3, 0.4) is 0 Å². The highest BCUT2D eigenvalue weighted by Gasteiger charge is 2.29. The van der Waals surface area contributed by atoms with Gasteiger partial charge >= 0.3 is 18.4 Å². The fourth-order valence-corrected chi connectivity index (χ4v) is 0.696. The molecule has 0 aromatic heterocycles. The third kappa shape index (κ3) is 8.91. The summed E-state index contributed by atoms with van der Waals surface area (Å²) in [4.78, 5) is 21.2. The molecule has 0 fully saturated rings. The van der Waals surface area contributed by atoms with Gasteiger partial charge in [-0.2, -0.15) is 13.2 Å². The fourth-order valence-electron chi connectivity index (χ4n) is 0.696. The summed E-state index contributed by atoms with van der Waals surface area (Å²) in [6.45, 7) is 1.63. The molecular formula is C7H12F3N3O3. The van der Waals surface area contributed by atoms with Crippen molar-refractivity contribution < 1.29 is 27.5 Å². The number of rotatable bonds is 4. The van der Waals surface area contributed by atoms with Crippen LogP contribution < -0.4 is 16.0 Å². The maximum atomic E-state index is 11.6. The number of alkyl halides is 3. The summed E-state index contributed by atoms with van der Waals surface area (Å²) in [5, 5.41) is 4.85. The average molecular weight is 243 g/mol. The molecule has 0 aromatic carbocycles. The minimum Gasteiger partial charge on any atom is -0.450 e. The number of carbonyl (C=O) groups excluding carboxylic acids is 2. The first-order valence-electron chi connectivity index (χ1n) is 4.38. The van der Waals surface area contributed by atoms with Gasteiger partial charge in [0.05, 0.1) is 6.61 Å². The van der Waals surface area contributed by atoms with Crippen LogP contribution in [0, 0.1) is 0 Å². The molecule has 0 heterocycles. The highest BCUT2D eigenvalue weighted by molar-refractivity contribution is 5.74. The standard InChI is InChI=1S/C7H12F3N3O3/c1-2-16-6(15)12-4-3-11-5(14)13-7(8,9)10/h2-4H2,1H3,(H,12,15)(H2,11,13,14). The Morgan fingerprint density at radius 2 is 1.75 bits per heavy atom. The van der Waals surface area contributed by atoms with E-state index in [9.17, 15) is 22.8 Å². The van der Waals surface area contributed by atoms with E-state index in [1.807, 2.05) is 5.32 Å². The van der Waals surface area contributed by atoms with Gasteiger partial charge in [-0.1, -0.05) is 0 Å². The van der Waals surface area contributed by atoms with Gasteiger partial charge in [-0.3, -0.25) is 0 Å². The van der Waals surface area contributed by atoms with Crippen molar-refractivity contribution in [3.05, 3.63) is 0 Å². The van der Waals surface area contributed by atoms with Gasteiger partial charge in [-0.15, -0.1) is 0 Å². The summed E-state index contributed by atoms with van der Waals surface area (Å²) < 4.78 is 39.2. The van der Waals surface area contributed by atoms with Gasteiger partial charge < -0.3 is 15.4 Å². The smallest absolute Gasteiger partial charge is 0.450 e. The minimum atomic E-state index is -4.77. The number of carbonyl (C=O) groups is 2. The predicted octanol–water partition coefficient (Wildman–Crippen LogP) is 0.552. The maximum absolute atomic E-state index is 11.6. The van der Waals surface area contributed by atoms with Crippen LogP contribution in [0.2, 0.25) is 0 Å². The van der Waals surface area contributed by atoms with Crippen molar-refractivity contribution in [2.45, 2.75) is 13.2 Å². The summed E-state index contributed by atoms with van der Waals surface area (Å²) in [6, 6.07) is -1.38. The molecule has 6 nitrogen and oxygen atoms in total. The van der Waals surface area contributed by atoms with Crippen molar-refractivity contribution in [2.24, 2.45) is 0 Å². The summed E-state index contributed by atoms with van der Waals surface area (Å²) in [5.74, 6) is 0. The Morgan fingerprint density at radius 3 is 2.25 bits per heavy atom. The Bertz CT molecular complexity index is 245. The molecule has 0 spiro atoms. The second kappa shape index (κ2) is 6.75. The van der Waals surface area contributed by atoms with Gasteiger partial charge in [-0.05, 0) is 6.92 Å². The largest absolute Gasteiger partial charge is 0.485 e. The Morgan fingerprint density at radius 1 is 1.19 bits per heavy atom. The monoisotopic (exact) mass is 243 g/mol. The molecule has 0 atom stereocenters. The van der Waals surface area contributed by atoms with E-state index in [0.717, 1.165) is 5.32 Å². The number of hydrogen-bond donors (Lipinski definition) is 3. The highest BCUT2D eigenvalue weighted by atomic mass is 19.4. The molecular weight excluding hydrogens is 231 g/mol. The molecule has 0 saturated heterocycles. The van der Waals surface area contributed by atoms with Gasteiger partial charge in [0.15, 0.2) is 0 Å². The number of halogens is 3. The summed E-state index contributed by atoms with van der Waals surface area (Å²) in [7, 11) is 0. The lowest BCUT2D eigenvalue weighted by atomic mass is 10.6. The van der Waals surface area contributed by atoms with Crippen molar-refractivity contribution in [1.29, 1.82) is 0 Å². The van der Waals surface area contributed by atoms with Crippen LogP contribution in [-0.2, 0) is 4.74 Å². The molecule has 16 heavy (non-hydrogen) atoms. The summed E-state index contributed by atoms with van der Waals surface area (Å²) in [5.41, 5.74) is 0. The van der Waals surface area contributed by atoms with E-state index < -0.39 is 18.4 Å². The van der Waals surface area contributed by atoms with Crippen molar-refractivity contribution >= 4 is 12.1 Å². The zero-order valence-electron chi connectivity index (χ0n) is 8.48. The number of ether oxygens (including phenoxy) is 1. The van der Waals surface area contributed by atoms with E-state index in [0.29, 0.717) is 0 Å². The Kier molecular flexibility index (Phi) is 6.04. The van der Waals surface area contributed by atoms with Crippen LogP contribution >= 0.6 is 0 Å². The van der Waals surface area contributed by atoms with Crippen LogP contribution in [0.25, 0.3) is 0 Å². The Balaban J connectivity index is 3.52. The second-order valence-corrected chi connectivity index (χ2v) is 2.53. The predicted molar refractivity (Wildman–Crippen MR) is 47.6 cm³/mol. The molecule has 0 aromatic rings. The van der Waals surface area contributed by atoms with E-state index in [4.69, 9.17) is 0 Å². The van der Waals surface area contributed by atoms with E-state index in [2.05, 4.69) is 10.1 Å². The molecule has 9 heteroatoms. The number of amides is 3. The first-order chi connectivity index (χ1) is 7.35. The van der Waals surface area contributed by atoms with Crippen LogP contribution in [0.15, 0.2) is 0 Å². The Hall–Kier alpha value is -1.67. The Labute approximate surface area is 89.5 Å². The molecule has 3 amide bonds. The van der Waals surface area contributed by atoms with Crippen LogP contribution in [0.4, 0.5) is 22.8 Å². The van der Waals surface area contributed by atoms with Crippen LogP contribution in [0.5, 0.6) is 0 Å². The van der Waals surface area contributed by atoms with Crippen molar-refractivity contribution in [1.82, 2.24) is 16.0 Å². The van der Waals surface area contributed by atoms with Gasteiger partial charge in [0.1, 0.15) is 0 Å². The molecule has 0 aliphatic heterocycles. The van der Waals surface area contributed by atoms with E-state index in [-0.39, 0.29) is 19.7 Å². The van der Waals surface area contributed by atoms with Gasteiger partial charge in [-0.25, -0.2) is 14.9 Å². The molecule has 0 radical (unpaired) electrons.